The van der Waals surface area contributed by atoms with Crippen LogP contribution in [0.2, 0.25) is 0 Å². The smallest absolute Gasteiger partial charge is 0.331 e. The average molecular weight is 276 g/mol. The van der Waals surface area contributed by atoms with E-state index in [0.29, 0.717) is 0 Å². The number of aromatic amines is 1. The van der Waals surface area contributed by atoms with Crippen molar-refractivity contribution >= 4 is 11.9 Å². The van der Waals surface area contributed by atoms with Gasteiger partial charge in [-0.1, -0.05) is 0 Å². The predicted octanol–water partition coefficient (Wildman–Crippen LogP) is -2.54. The molecule has 0 spiro atoms. The molecule has 19 heavy (non-hydrogen) atoms. The number of urea groups is 1. The Labute approximate surface area is 101 Å². The van der Waals surface area contributed by atoms with E-state index in [9.17, 15) is 33.1 Å². The lowest BCUT2D eigenvalue weighted by Gasteiger charge is -2.33. The number of aromatic nitrogens is 2. The van der Waals surface area contributed by atoms with Gasteiger partial charge in [0.2, 0.25) is 5.82 Å². The minimum atomic E-state index is -3.49. The first-order valence-electron chi connectivity index (χ1n) is 4.77. The number of aliphatic hydroxyl groups is 1. The van der Waals surface area contributed by atoms with Crippen molar-refractivity contribution in [2.75, 3.05) is 0 Å². The van der Waals surface area contributed by atoms with Gasteiger partial charge in [0.15, 0.2) is 6.23 Å². The van der Waals surface area contributed by atoms with Crippen LogP contribution in [0.1, 0.15) is 0 Å². The first-order chi connectivity index (χ1) is 8.76. The topological polar surface area (TPSA) is 133 Å². The fraction of sp³-hybridized carbons (Fsp3) is 0.250. The molecule has 0 aromatic carbocycles. The summed E-state index contributed by atoms with van der Waals surface area (Å²) in [6.45, 7) is 0. The Bertz CT molecular complexity index is 682. The number of amides is 3. The summed E-state index contributed by atoms with van der Waals surface area (Å²) in [6.07, 6.45) is -2.32. The number of carbonyl (C=O) groups excluding carboxylic acids is 2. The Hall–Kier alpha value is -2.56. The molecule has 1 aromatic heterocycles. The van der Waals surface area contributed by atoms with Crippen LogP contribution in [-0.2, 0) is 10.6 Å². The quantitative estimate of drug-likeness (QED) is 0.448. The number of carbonyl (C=O) groups is 2. The summed E-state index contributed by atoms with van der Waals surface area (Å²) in [5.41, 5.74) is -2.89. The van der Waals surface area contributed by atoms with Gasteiger partial charge in [0, 0.05) is 0 Å². The molecule has 0 unspecified atom stereocenters. The molecule has 2 rings (SSSR count). The van der Waals surface area contributed by atoms with Crippen molar-refractivity contribution in [3.05, 3.63) is 32.9 Å². The fourth-order valence-electron chi connectivity index (χ4n) is 1.50. The number of hydrogen-bond acceptors (Lipinski definition) is 5. The molecule has 0 radical (unpaired) electrons. The van der Waals surface area contributed by atoms with Gasteiger partial charge in [-0.3, -0.25) is 24.5 Å². The van der Waals surface area contributed by atoms with Gasteiger partial charge in [-0.25, -0.2) is 14.0 Å². The van der Waals surface area contributed by atoms with E-state index in [1.54, 1.807) is 5.32 Å². The predicted molar refractivity (Wildman–Crippen MR) is 53.0 cm³/mol. The number of nitrogens with zero attached hydrogens (tertiary/aromatic N) is 1. The highest BCUT2D eigenvalue weighted by atomic mass is 19.1. The third-order valence-corrected chi connectivity index (χ3v) is 2.42. The highest BCUT2D eigenvalue weighted by molar-refractivity contribution is 6.00. The van der Waals surface area contributed by atoms with Crippen LogP contribution >= 0.6 is 0 Å². The second-order valence-electron chi connectivity index (χ2n) is 3.61. The van der Waals surface area contributed by atoms with Gasteiger partial charge in [0.25, 0.3) is 11.5 Å². The largest absolute Gasteiger partial charge is 0.368 e. The highest BCUT2D eigenvalue weighted by Gasteiger charge is 2.53. The molecule has 4 N–H and O–H groups in total. The molecule has 3 amide bonds. The molecule has 11 heteroatoms. The molecule has 2 heterocycles. The van der Waals surface area contributed by atoms with Gasteiger partial charge >= 0.3 is 17.5 Å². The Morgan fingerprint density at radius 2 is 1.95 bits per heavy atom. The standard InChI is InChI=1S/C8H6F2N4O5/c9-2-1-14(7(19)11-3(2)15)8(10)4(16)12-6(18)13-5(8)17/h1,4,16H,(H,11,15,19)(H2,12,13,17,18)/t4-,8-/m0/s1. The van der Waals surface area contributed by atoms with Crippen molar-refractivity contribution in [1.29, 1.82) is 0 Å². The Morgan fingerprint density at radius 1 is 1.32 bits per heavy atom. The number of imide groups is 1. The number of alkyl halides is 1. The van der Waals surface area contributed by atoms with Crippen molar-refractivity contribution in [2.45, 2.75) is 12.0 Å². The molecule has 0 bridgehead atoms. The van der Waals surface area contributed by atoms with Crippen molar-refractivity contribution in [3.63, 3.8) is 0 Å². The van der Waals surface area contributed by atoms with Crippen LogP contribution in [-0.4, -0.2) is 32.8 Å². The molecule has 1 saturated heterocycles. The van der Waals surface area contributed by atoms with Gasteiger partial charge < -0.3 is 10.4 Å². The summed E-state index contributed by atoms with van der Waals surface area (Å²) in [5, 5.41) is 12.4. The molecular weight excluding hydrogens is 270 g/mol. The van der Waals surface area contributed by atoms with E-state index in [-0.39, 0.29) is 10.8 Å². The minimum absolute atomic E-state index is 0.113. The fourth-order valence-corrected chi connectivity index (χ4v) is 1.50. The molecule has 1 aromatic rings. The zero-order valence-corrected chi connectivity index (χ0v) is 8.94. The molecule has 0 aliphatic carbocycles. The summed E-state index contributed by atoms with van der Waals surface area (Å²) in [5.74, 6) is -6.72. The Morgan fingerprint density at radius 3 is 2.53 bits per heavy atom. The number of rotatable bonds is 1. The van der Waals surface area contributed by atoms with Gasteiger partial charge in [-0.05, 0) is 0 Å². The second kappa shape index (κ2) is 3.98. The van der Waals surface area contributed by atoms with E-state index in [1.165, 1.54) is 10.3 Å². The second-order valence-corrected chi connectivity index (χ2v) is 3.61. The molecule has 2 atom stereocenters. The van der Waals surface area contributed by atoms with Crippen molar-refractivity contribution in [1.82, 2.24) is 20.2 Å². The molecule has 0 saturated carbocycles. The Kier molecular flexibility index (Phi) is 2.70. The molecule has 1 aliphatic heterocycles. The zero-order chi connectivity index (χ0) is 14.4. The van der Waals surface area contributed by atoms with Crippen LogP contribution in [0.25, 0.3) is 0 Å². The lowest BCUT2D eigenvalue weighted by molar-refractivity contribution is -0.158. The summed E-state index contributed by atoms with van der Waals surface area (Å²) >= 11 is 0. The monoisotopic (exact) mass is 276 g/mol. The maximum absolute atomic E-state index is 14.4. The first-order valence-corrected chi connectivity index (χ1v) is 4.77. The first kappa shape index (κ1) is 12.9. The molecule has 1 fully saturated rings. The number of H-pyrrole nitrogens is 1. The summed E-state index contributed by atoms with van der Waals surface area (Å²) < 4.78 is 27.3. The number of halogens is 2. The number of aliphatic hydroxyl groups excluding tert-OH is 1. The summed E-state index contributed by atoms with van der Waals surface area (Å²) in [4.78, 5) is 45.8. The lowest BCUT2D eigenvalue weighted by atomic mass is 10.1. The molecule has 1 aliphatic rings. The van der Waals surface area contributed by atoms with Crippen molar-refractivity contribution in [2.24, 2.45) is 0 Å². The van der Waals surface area contributed by atoms with Crippen LogP contribution in [0.3, 0.4) is 0 Å². The van der Waals surface area contributed by atoms with E-state index in [2.05, 4.69) is 0 Å². The molecule has 9 nitrogen and oxygen atoms in total. The van der Waals surface area contributed by atoms with Crippen molar-refractivity contribution in [3.8, 4) is 0 Å². The van der Waals surface area contributed by atoms with Gasteiger partial charge in [-0.2, -0.15) is 4.39 Å². The molecular formula is C8H6F2N4O5. The van der Waals surface area contributed by atoms with E-state index >= 15 is 0 Å². The van der Waals surface area contributed by atoms with E-state index in [0.717, 1.165) is 0 Å². The minimum Gasteiger partial charge on any atom is -0.368 e. The van der Waals surface area contributed by atoms with E-state index in [4.69, 9.17) is 0 Å². The summed E-state index contributed by atoms with van der Waals surface area (Å²) in [7, 11) is 0. The SMILES string of the molecule is O=C1NC(=O)[C@@](F)(n2cc(F)c(=O)[nH]c2=O)[C@H](O)N1. The molecule has 102 valence electrons. The van der Waals surface area contributed by atoms with E-state index < -0.39 is 41.0 Å². The normalized spacial score (nSPS) is 26.8. The van der Waals surface area contributed by atoms with Crippen LogP contribution in [0.4, 0.5) is 13.6 Å². The van der Waals surface area contributed by atoms with Crippen LogP contribution < -0.4 is 21.9 Å². The van der Waals surface area contributed by atoms with Crippen molar-refractivity contribution < 1.29 is 23.5 Å². The van der Waals surface area contributed by atoms with Crippen LogP contribution in [0.5, 0.6) is 0 Å². The lowest BCUT2D eigenvalue weighted by Crippen LogP contribution is -2.69. The third-order valence-electron chi connectivity index (χ3n) is 2.42. The summed E-state index contributed by atoms with van der Waals surface area (Å²) in [6, 6.07) is -1.19. The highest BCUT2D eigenvalue weighted by Crippen LogP contribution is 2.23. The van der Waals surface area contributed by atoms with Gasteiger partial charge in [0.1, 0.15) is 0 Å². The number of hydrogen-bond donors (Lipinski definition) is 4. The van der Waals surface area contributed by atoms with Crippen LogP contribution in [0, 0.1) is 5.82 Å². The average Bonchev–Trinajstić information content (AvgIpc) is 2.30. The third kappa shape index (κ3) is 1.79. The van der Waals surface area contributed by atoms with Gasteiger partial charge in [0.05, 0.1) is 6.20 Å². The zero-order valence-electron chi connectivity index (χ0n) is 8.94. The van der Waals surface area contributed by atoms with Gasteiger partial charge in [-0.15, -0.1) is 0 Å². The maximum atomic E-state index is 14.4. The van der Waals surface area contributed by atoms with E-state index in [1.807, 2.05) is 0 Å². The Balaban J connectivity index is 2.65. The van der Waals surface area contributed by atoms with Crippen LogP contribution in [0.15, 0.2) is 15.8 Å². The maximum Gasteiger partial charge on any atom is 0.331 e. The number of nitrogens with one attached hydrogen (secondary N) is 3.